The second-order valence-corrected chi connectivity index (χ2v) is 0.971. The summed E-state index contributed by atoms with van der Waals surface area (Å²) >= 11 is 0. The molecule has 4 nitrogen and oxygen atoms in total. The normalized spacial score (nSPS) is 8.44. The van der Waals surface area contributed by atoms with Crippen molar-refractivity contribution in [3.63, 3.8) is 0 Å². The van der Waals surface area contributed by atoms with Gasteiger partial charge in [-0.05, 0) is 12.2 Å². The van der Waals surface area contributed by atoms with E-state index >= 15 is 0 Å². The van der Waals surface area contributed by atoms with Crippen molar-refractivity contribution in [1.82, 2.24) is 0 Å². The molecule has 44 valence electrons. The molecule has 9 heavy (non-hydrogen) atoms. The van der Waals surface area contributed by atoms with E-state index in [1.807, 2.05) is 0 Å². The van der Waals surface area contributed by atoms with E-state index in [2.05, 4.69) is 0 Å². The van der Waals surface area contributed by atoms with Crippen LogP contribution in [0.5, 0.6) is 0 Å². The Morgan fingerprint density at radius 3 is 1.33 bits per heavy atom. The summed E-state index contributed by atoms with van der Waals surface area (Å²) < 4.78 is 0. The fourth-order valence-corrected chi connectivity index (χ4v) is 0.136. The van der Waals surface area contributed by atoms with Gasteiger partial charge in [-0.2, -0.15) is 0 Å². The van der Waals surface area contributed by atoms with Gasteiger partial charge < -0.3 is 19.8 Å². The maximum Gasteiger partial charge on any atom is 1.00 e. The number of hydrogen-bond acceptors (Lipinski definition) is 4. The molecule has 0 saturated carbocycles. The van der Waals surface area contributed by atoms with E-state index in [-0.39, 0.29) is 29.6 Å². The topological polar surface area (TPSA) is 80.3 Å². The maximum absolute atomic E-state index is 9.41. The van der Waals surface area contributed by atoms with Crippen molar-refractivity contribution >= 4 is 11.9 Å². The Bertz CT molecular complexity index is 124. The fraction of sp³-hybridized carbons (Fsp3) is 0. The predicted octanol–water partition coefficient (Wildman–Crippen LogP) is -5.95. The molecular formula is C4H2NaO4-. The first-order valence-corrected chi connectivity index (χ1v) is 1.73. The van der Waals surface area contributed by atoms with Gasteiger partial charge in [0.25, 0.3) is 0 Å². The van der Waals surface area contributed by atoms with Crippen LogP contribution in [0.1, 0.15) is 0 Å². The van der Waals surface area contributed by atoms with Crippen LogP contribution < -0.4 is 39.8 Å². The average molecular weight is 137 g/mol. The van der Waals surface area contributed by atoms with Gasteiger partial charge in [0.1, 0.15) is 0 Å². The number of carboxylic acid groups (broad SMARTS) is 2. The summed E-state index contributed by atoms with van der Waals surface area (Å²) in [4.78, 5) is 18.8. The summed E-state index contributed by atoms with van der Waals surface area (Å²) in [6, 6.07) is 0. The molecule has 0 bridgehead atoms. The molecular weight excluding hydrogens is 135 g/mol. The first-order chi connectivity index (χ1) is 3.63. The number of rotatable bonds is 2. The van der Waals surface area contributed by atoms with Crippen molar-refractivity contribution in [3.05, 3.63) is 12.2 Å². The Labute approximate surface area is 73.5 Å². The van der Waals surface area contributed by atoms with Gasteiger partial charge in [-0.25, -0.2) is 0 Å². The second kappa shape index (κ2) is 5.81. The van der Waals surface area contributed by atoms with Crippen molar-refractivity contribution in [2.24, 2.45) is 0 Å². The van der Waals surface area contributed by atoms with E-state index in [9.17, 15) is 19.8 Å². The third-order valence-electron chi connectivity index (χ3n) is 0.355. The van der Waals surface area contributed by atoms with Crippen LogP contribution in [-0.2, 0) is 9.59 Å². The van der Waals surface area contributed by atoms with Gasteiger partial charge in [0, 0.05) is 0 Å². The first-order valence-electron chi connectivity index (χ1n) is 1.73. The smallest absolute Gasteiger partial charge is 0.545 e. The molecule has 0 N–H and O–H groups in total. The van der Waals surface area contributed by atoms with E-state index in [4.69, 9.17) is 0 Å². The molecule has 0 radical (unpaired) electrons. The van der Waals surface area contributed by atoms with Crippen molar-refractivity contribution in [2.45, 2.75) is 0 Å². The summed E-state index contributed by atoms with van der Waals surface area (Å²) in [5.74, 6) is -3.09. The van der Waals surface area contributed by atoms with Crippen LogP contribution >= 0.6 is 0 Å². The first kappa shape index (κ1) is 11.5. The van der Waals surface area contributed by atoms with Gasteiger partial charge in [-0.1, -0.05) is 0 Å². The molecule has 5 heteroatoms. The number of carbonyl (C=O) groups is 2. The van der Waals surface area contributed by atoms with E-state index in [1.165, 1.54) is 0 Å². The summed E-state index contributed by atoms with van der Waals surface area (Å²) in [6.07, 6.45) is 0.769. The molecule has 0 aliphatic carbocycles. The van der Waals surface area contributed by atoms with Crippen LogP contribution in [0, 0.1) is 0 Å². The molecule has 0 rings (SSSR count). The van der Waals surface area contributed by atoms with Crippen LogP contribution in [0.15, 0.2) is 12.2 Å². The number of hydrogen-bond donors (Lipinski definition) is 0. The van der Waals surface area contributed by atoms with Crippen LogP contribution in [0.3, 0.4) is 0 Å². The third-order valence-corrected chi connectivity index (χ3v) is 0.355. The van der Waals surface area contributed by atoms with Crippen molar-refractivity contribution in [1.29, 1.82) is 0 Å². The zero-order valence-corrected chi connectivity index (χ0v) is 6.79. The van der Waals surface area contributed by atoms with Crippen molar-refractivity contribution in [3.8, 4) is 0 Å². The minimum absolute atomic E-state index is 0. The largest absolute Gasteiger partial charge is 1.00 e. The fourth-order valence-electron chi connectivity index (χ4n) is 0.136. The summed E-state index contributed by atoms with van der Waals surface area (Å²) in [5, 5.41) is 18.8. The molecule has 0 unspecified atom stereocenters. The molecule has 0 saturated heterocycles. The standard InChI is InChI=1S/C4H4O4.Na/c5-3(6)1-2-4(7)8;/h1-2H,(H,5,6)(H,7,8);/q;+1/p-2/b2-1+;. The zero-order valence-electron chi connectivity index (χ0n) is 4.79. The monoisotopic (exact) mass is 137 g/mol. The molecule has 0 atom stereocenters. The van der Waals surface area contributed by atoms with Gasteiger partial charge in [0.2, 0.25) is 0 Å². The Kier molecular flexibility index (Phi) is 7.41. The quantitative estimate of drug-likeness (QED) is 0.280. The number of aliphatic carboxylic acids is 2. The Morgan fingerprint density at radius 2 is 1.22 bits per heavy atom. The molecule has 0 aromatic heterocycles. The summed E-state index contributed by atoms with van der Waals surface area (Å²) in [6.45, 7) is 0. The Hall–Kier alpha value is -0.320. The van der Waals surface area contributed by atoms with Crippen LogP contribution in [0.25, 0.3) is 0 Å². The molecule has 0 aromatic rings. The average Bonchev–Trinajstić information content (AvgIpc) is 1.61. The molecule has 0 aromatic carbocycles. The van der Waals surface area contributed by atoms with E-state index in [0.717, 1.165) is 0 Å². The van der Waals surface area contributed by atoms with Crippen LogP contribution in [0.2, 0.25) is 0 Å². The second-order valence-electron chi connectivity index (χ2n) is 0.971. The molecule has 0 aliphatic heterocycles. The van der Waals surface area contributed by atoms with Gasteiger partial charge in [0.05, 0.1) is 11.9 Å². The van der Waals surface area contributed by atoms with E-state index < -0.39 is 11.9 Å². The Morgan fingerprint density at radius 1 is 1.00 bits per heavy atom. The van der Waals surface area contributed by atoms with Crippen molar-refractivity contribution < 1.29 is 49.4 Å². The Balaban J connectivity index is 0. The summed E-state index contributed by atoms with van der Waals surface area (Å²) in [7, 11) is 0. The van der Waals surface area contributed by atoms with Crippen LogP contribution in [0.4, 0.5) is 0 Å². The third kappa shape index (κ3) is 11.3. The minimum atomic E-state index is -1.55. The molecule has 0 spiro atoms. The minimum Gasteiger partial charge on any atom is -0.545 e. The van der Waals surface area contributed by atoms with E-state index in [0.29, 0.717) is 12.2 Å². The molecule has 0 heterocycles. The van der Waals surface area contributed by atoms with Crippen molar-refractivity contribution in [2.75, 3.05) is 0 Å². The van der Waals surface area contributed by atoms with Gasteiger partial charge in [-0.15, -0.1) is 0 Å². The predicted molar refractivity (Wildman–Crippen MR) is 19.2 cm³/mol. The maximum atomic E-state index is 9.41. The van der Waals surface area contributed by atoms with Gasteiger partial charge in [0.15, 0.2) is 0 Å². The zero-order chi connectivity index (χ0) is 6.57. The number of carbonyl (C=O) groups excluding carboxylic acids is 2. The molecule has 0 fully saturated rings. The number of carboxylic acids is 2. The van der Waals surface area contributed by atoms with Gasteiger partial charge in [-0.3, -0.25) is 0 Å². The molecule has 0 aliphatic rings. The van der Waals surface area contributed by atoms with Crippen LogP contribution in [-0.4, -0.2) is 11.9 Å². The SMILES string of the molecule is O=C([O-])/C=C/C(=O)[O-].[Na+]. The van der Waals surface area contributed by atoms with Gasteiger partial charge >= 0.3 is 29.6 Å². The van der Waals surface area contributed by atoms with E-state index in [1.54, 1.807) is 0 Å². The summed E-state index contributed by atoms with van der Waals surface area (Å²) in [5.41, 5.74) is 0. The molecule has 0 amide bonds.